The molecule has 0 aromatic heterocycles. The monoisotopic (exact) mass is 309 g/mol. The highest BCUT2D eigenvalue weighted by Gasteiger charge is 2.06. The van der Waals surface area contributed by atoms with Gasteiger partial charge in [0.2, 0.25) is 0 Å². The summed E-state index contributed by atoms with van der Waals surface area (Å²) in [5.41, 5.74) is 0.673. The van der Waals surface area contributed by atoms with E-state index in [0.717, 1.165) is 30.7 Å². The SMILES string of the molecule is CCCc1ccc(S/N=C/C=C(F)\C(C=O)=C(/C)F)cc1. The lowest BCUT2D eigenvalue weighted by atomic mass is 10.1. The van der Waals surface area contributed by atoms with Gasteiger partial charge in [-0.15, -0.1) is 0 Å². The Morgan fingerprint density at radius 3 is 2.48 bits per heavy atom. The van der Waals surface area contributed by atoms with Crippen molar-refractivity contribution in [2.24, 2.45) is 4.40 Å². The quantitative estimate of drug-likeness (QED) is 0.233. The van der Waals surface area contributed by atoms with Gasteiger partial charge >= 0.3 is 0 Å². The molecule has 2 nitrogen and oxygen atoms in total. The fourth-order valence-electron chi connectivity index (χ4n) is 1.58. The molecule has 0 aliphatic rings. The van der Waals surface area contributed by atoms with Crippen molar-refractivity contribution in [3.8, 4) is 0 Å². The molecule has 0 amide bonds. The number of benzene rings is 1. The van der Waals surface area contributed by atoms with Gasteiger partial charge in [0.25, 0.3) is 0 Å². The summed E-state index contributed by atoms with van der Waals surface area (Å²) in [6.07, 6.45) is 4.44. The second kappa shape index (κ2) is 9.23. The van der Waals surface area contributed by atoms with Crippen molar-refractivity contribution in [1.29, 1.82) is 0 Å². The molecule has 0 radical (unpaired) electrons. The second-order valence-electron chi connectivity index (χ2n) is 4.32. The van der Waals surface area contributed by atoms with E-state index in [0.29, 0.717) is 0 Å². The Morgan fingerprint density at radius 1 is 1.29 bits per heavy atom. The molecule has 0 saturated carbocycles. The smallest absolute Gasteiger partial charge is 0.155 e. The Labute approximate surface area is 127 Å². The van der Waals surface area contributed by atoms with Gasteiger partial charge in [-0.1, -0.05) is 25.5 Å². The van der Waals surface area contributed by atoms with E-state index in [2.05, 4.69) is 11.3 Å². The van der Waals surface area contributed by atoms with Gasteiger partial charge in [0.15, 0.2) is 6.29 Å². The van der Waals surface area contributed by atoms with E-state index in [1.54, 1.807) is 0 Å². The summed E-state index contributed by atoms with van der Waals surface area (Å²) >= 11 is 1.18. The van der Waals surface area contributed by atoms with Crippen LogP contribution in [0.4, 0.5) is 8.78 Å². The van der Waals surface area contributed by atoms with Crippen LogP contribution in [-0.4, -0.2) is 12.5 Å². The molecule has 5 heteroatoms. The van der Waals surface area contributed by atoms with Gasteiger partial charge in [0.05, 0.1) is 5.57 Å². The number of allylic oxidation sites excluding steroid dienone is 4. The zero-order valence-electron chi connectivity index (χ0n) is 12.0. The summed E-state index contributed by atoms with van der Waals surface area (Å²) in [5.74, 6) is -1.79. The first kappa shape index (κ1) is 17.3. The Balaban J connectivity index is 2.62. The molecule has 1 rings (SSSR count). The van der Waals surface area contributed by atoms with Crippen LogP contribution in [0.1, 0.15) is 25.8 Å². The van der Waals surface area contributed by atoms with E-state index in [9.17, 15) is 13.6 Å². The van der Waals surface area contributed by atoms with Crippen LogP contribution < -0.4 is 0 Å². The highest BCUT2D eigenvalue weighted by atomic mass is 32.2. The number of aldehydes is 1. The van der Waals surface area contributed by atoms with E-state index in [1.807, 2.05) is 24.3 Å². The number of hydrogen-bond donors (Lipinski definition) is 0. The molecule has 0 aliphatic carbocycles. The van der Waals surface area contributed by atoms with E-state index in [-0.39, 0.29) is 6.29 Å². The van der Waals surface area contributed by atoms with Crippen molar-refractivity contribution >= 4 is 24.4 Å². The molecule has 0 bridgehead atoms. The summed E-state index contributed by atoms with van der Waals surface area (Å²) in [4.78, 5) is 11.4. The maximum Gasteiger partial charge on any atom is 0.155 e. The third kappa shape index (κ3) is 6.04. The summed E-state index contributed by atoms with van der Waals surface area (Å²) in [6, 6.07) is 7.93. The van der Waals surface area contributed by atoms with Crippen molar-refractivity contribution in [2.45, 2.75) is 31.6 Å². The molecule has 0 unspecified atom stereocenters. The first-order valence-electron chi connectivity index (χ1n) is 6.55. The van der Waals surface area contributed by atoms with Crippen LogP contribution in [-0.2, 0) is 11.2 Å². The molecule has 1 aromatic carbocycles. The summed E-state index contributed by atoms with van der Waals surface area (Å²) in [7, 11) is 0. The largest absolute Gasteiger partial charge is 0.298 e. The number of nitrogens with zero attached hydrogens (tertiary/aromatic N) is 1. The van der Waals surface area contributed by atoms with E-state index in [1.165, 1.54) is 23.7 Å². The fourth-order valence-corrected chi connectivity index (χ4v) is 2.09. The van der Waals surface area contributed by atoms with Gasteiger partial charge < -0.3 is 0 Å². The molecule has 0 saturated heterocycles. The lowest BCUT2D eigenvalue weighted by Crippen LogP contribution is -1.88. The topological polar surface area (TPSA) is 29.4 Å². The average Bonchev–Trinajstić information content (AvgIpc) is 2.46. The lowest BCUT2D eigenvalue weighted by Gasteiger charge is -1.99. The standard InChI is InChI=1S/C16H17F2NOS/c1-3-4-13-5-7-14(8-6-13)21-19-10-9-16(18)15(11-20)12(2)17/h5-11H,3-4H2,1-2H3/b15-12+,16-9+,19-10+. The molecule has 21 heavy (non-hydrogen) atoms. The minimum Gasteiger partial charge on any atom is -0.298 e. The Kier molecular flexibility index (Phi) is 7.61. The first-order valence-corrected chi connectivity index (χ1v) is 7.32. The van der Waals surface area contributed by atoms with Crippen molar-refractivity contribution in [2.75, 3.05) is 0 Å². The van der Waals surface area contributed by atoms with Gasteiger partial charge in [0.1, 0.15) is 11.7 Å². The normalized spacial score (nSPS) is 13.4. The van der Waals surface area contributed by atoms with Crippen LogP contribution >= 0.6 is 11.9 Å². The Morgan fingerprint density at radius 2 is 1.95 bits per heavy atom. The van der Waals surface area contributed by atoms with E-state index >= 15 is 0 Å². The second-order valence-corrected chi connectivity index (χ2v) is 5.18. The predicted octanol–water partition coefficient (Wildman–Crippen LogP) is 5.01. The van der Waals surface area contributed by atoms with Gasteiger partial charge in [-0.3, -0.25) is 4.79 Å². The number of rotatable bonds is 7. The van der Waals surface area contributed by atoms with Gasteiger partial charge in [-0.25, -0.2) is 13.2 Å². The maximum absolute atomic E-state index is 13.4. The van der Waals surface area contributed by atoms with Crippen molar-refractivity contribution in [3.63, 3.8) is 0 Å². The molecule has 0 heterocycles. The number of hydrogen-bond acceptors (Lipinski definition) is 3. The minimum atomic E-state index is -0.937. The third-order valence-electron chi connectivity index (χ3n) is 2.65. The predicted molar refractivity (Wildman–Crippen MR) is 83.8 cm³/mol. The zero-order chi connectivity index (χ0) is 15.7. The minimum absolute atomic E-state index is 0.147. The molecule has 112 valence electrons. The van der Waals surface area contributed by atoms with Crippen LogP contribution in [0.25, 0.3) is 0 Å². The number of halogens is 2. The van der Waals surface area contributed by atoms with Crippen molar-refractivity contribution in [1.82, 2.24) is 0 Å². The average molecular weight is 309 g/mol. The Hall–Kier alpha value is -1.75. The van der Waals surface area contributed by atoms with Crippen LogP contribution in [0.3, 0.4) is 0 Å². The molecular weight excluding hydrogens is 292 g/mol. The summed E-state index contributed by atoms with van der Waals surface area (Å²) < 4.78 is 30.2. The number of carbonyl (C=O) groups excluding carboxylic acids is 1. The zero-order valence-corrected chi connectivity index (χ0v) is 12.8. The molecule has 0 N–H and O–H groups in total. The first-order chi connectivity index (χ1) is 10.1. The van der Waals surface area contributed by atoms with Gasteiger partial charge in [-0.2, -0.15) is 0 Å². The lowest BCUT2D eigenvalue weighted by molar-refractivity contribution is -0.104. The van der Waals surface area contributed by atoms with Crippen molar-refractivity contribution < 1.29 is 13.6 Å². The van der Waals surface area contributed by atoms with Crippen LogP contribution in [0, 0.1) is 0 Å². The molecule has 0 aliphatic heterocycles. The number of aryl methyl sites for hydroxylation is 1. The Bertz CT molecular complexity index is 558. The van der Waals surface area contributed by atoms with Crippen LogP contribution in [0.15, 0.2) is 56.9 Å². The van der Waals surface area contributed by atoms with Gasteiger partial charge in [-0.05, 0) is 37.1 Å². The molecule has 0 atom stereocenters. The van der Waals surface area contributed by atoms with E-state index < -0.39 is 17.2 Å². The summed E-state index contributed by atoms with van der Waals surface area (Å²) in [6.45, 7) is 3.15. The molecular formula is C16H17F2NOS. The molecule has 0 fully saturated rings. The maximum atomic E-state index is 13.4. The number of carbonyl (C=O) groups is 1. The highest BCUT2D eigenvalue weighted by Crippen LogP contribution is 2.20. The van der Waals surface area contributed by atoms with Gasteiger partial charge in [0, 0.05) is 23.1 Å². The highest BCUT2D eigenvalue weighted by molar-refractivity contribution is 7.98. The van der Waals surface area contributed by atoms with Crippen molar-refractivity contribution in [3.05, 3.63) is 53.1 Å². The van der Waals surface area contributed by atoms with Crippen LogP contribution in [0.5, 0.6) is 0 Å². The summed E-state index contributed by atoms with van der Waals surface area (Å²) in [5, 5.41) is 0. The fraction of sp³-hybridized carbons (Fsp3) is 0.250. The van der Waals surface area contributed by atoms with E-state index in [4.69, 9.17) is 0 Å². The molecule has 0 spiro atoms. The van der Waals surface area contributed by atoms with Crippen LogP contribution in [0.2, 0.25) is 0 Å². The third-order valence-corrected chi connectivity index (χ3v) is 3.36. The molecule has 1 aromatic rings.